The fraction of sp³-hybridized carbons (Fsp3) is 0.250. The third-order valence-electron chi connectivity index (χ3n) is 3.81. The molecule has 0 aliphatic carbocycles. The van der Waals surface area contributed by atoms with Crippen LogP contribution in [-0.4, -0.2) is 22.6 Å². The number of pyridine rings is 1. The van der Waals surface area contributed by atoms with Gasteiger partial charge in [-0.25, -0.2) is 9.78 Å². The lowest BCUT2D eigenvalue weighted by molar-refractivity contribution is 0.0577. The quantitative estimate of drug-likeness (QED) is 0.547. The number of primary amides is 1. The van der Waals surface area contributed by atoms with Crippen LogP contribution in [0.2, 0.25) is 5.02 Å². The Hall–Kier alpha value is -2.58. The van der Waals surface area contributed by atoms with Crippen LogP contribution in [0.25, 0.3) is 11.1 Å². The number of hydrogen-bond donors (Lipinski definition) is 1. The van der Waals surface area contributed by atoms with E-state index < -0.39 is 17.6 Å². The Morgan fingerprint density at radius 1 is 1.31 bits per heavy atom. The van der Waals surface area contributed by atoms with Crippen LogP contribution in [0.5, 0.6) is 0 Å². The van der Waals surface area contributed by atoms with Gasteiger partial charge in [0.05, 0.1) is 6.54 Å². The van der Waals surface area contributed by atoms with E-state index in [-0.39, 0.29) is 18.0 Å². The normalized spacial score (nSPS) is 11.5. The van der Waals surface area contributed by atoms with Crippen LogP contribution in [0.15, 0.2) is 45.4 Å². The Morgan fingerprint density at radius 2 is 2.03 bits per heavy atom. The topological polar surface area (TPSA) is 98.7 Å². The van der Waals surface area contributed by atoms with Crippen LogP contribution in [0.4, 0.5) is 10.5 Å². The average molecular weight is 481 g/mol. The maximum atomic E-state index is 13.1. The molecule has 0 atom stereocenters. The van der Waals surface area contributed by atoms with Crippen LogP contribution in [0, 0.1) is 0 Å². The maximum Gasteiger partial charge on any atom is 0.415 e. The van der Waals surface area contributed by atoms with Crippen molar-refractivity contribution in [3.63, 3.8) is 0 Å². The first-order chi connectivity index (χ1) is 13.5. The summed E-state index contributed by atoms with van der Waals surface area (Å²) in [6, 6.07) is 8.66. The number of aromatic nitrogens is 1. The molecule has 9 heteroatoms. The maximum absolute atomic E-state index is 13.1. The molecule has 0 spiro atoms. The monoisotopic (exact) mass is 479 g/mol. The van der Waals surface area contributed by atoms with E-state index in [0.717, 1.165) is 5.56 Å². The first kappa shape index (κ1) is 21.1. The van der Waals surface area contributed by atoms with E-state index in [1.54, 1.807) is 57.3 Å². The van der Waals surface area contributed by atoms with Crippen LogP contribution < -0.4 is 10.6 Å². The van der Waals surface area contributed by atoms with Gasteiger partial charge < -0.3 is 14.9 Å². The van der Waals surface area contributed by atoms with Crippen molar-refractivity contribution in [1.82, 2.24) is 4.98 Å². The minimum atomic E-state index is -0.825. The molecule has 2 heterocycles. The number of nitrogens with zero attached hydrogens (tertiary/aromatic N) is 2. The van der Waals surface area contributed by atoms with E-state index in [1.807, 2.05) is 0 Å². The molecule has 152 valence electrons. The second-order valence-corrected chi connectivity index (χ2v) is 8.69. The molecule has 29 heavy (non-hydrogen) atoms. The summed E-state index contributed by atoms with van der Waals surface area (Å²) in [5.74, 6) is -1.01. The predicted molar refractivity (Wildman–Crippen MR) is 114 cm³/mol. The summed E-state index contributed by atoms with van der Waals surface area (Å²) in [4.78, 5) is 30.8. The zero-order chi connectivity index (χ0) is 21.3. The van der Waals surface area contributed by atoms with Crippen molar-refractivity contribution in [3.8, 4) is 0 Å². The third-order valence-corrected chi connectivity index (χ3v) is 4.48. The van der Waals surface area contributed by atoms with E-state index >= 15 is 0 Å². The third kappa shape index (κ3) is 4.89. The Bertz CT molecular complexity index is 1090. The minimum absolute atomic E-state index is 0.0716. The second-order valence-electron chi connectivity index (χ2n) is 7.34. The van der Waals surface area contributed by atoms with Crippen LogP contribution in [0.3, 0.4) is 0 Å². The highest BCUT2D eigenvalue weighted by molar-refractivity contribution is 9.10. The highest BCUT2D eigenvalue weighted by atomic mass is 79.9. The summed E-state index contributed by atoms with van der Waals surface area (Å²) in [5.41, 5.74) is 6.27. The van der Waals surface area contributed by atoms with E-state index in [4.69, 9.17) is 26.5 Å². The molecule has 2 N–H and O–H groups in total. The molecule has 3 aromatic rings. The minimum Gasteiger partial charge on any atom is -0.447 e. The van der Waals surface area contributed by atoms with E-state index in [9.17, 15) is 9.59 Å². The van der Waals surface area contributed by atoms with Crippen LogP contribution >= 0.6 is 27.5 Å². The molecule has 0 saturated carbocycles. The summed E-state index contributed by atoms with van der Waals surface area (Å²) in [5, 5.41) is 0.515. The number of amides is 2. The lowest BCUT2D eigenvalue weighted by atomic mass is 10.2. The Labute approximate surface area is 180 Å². The number of rotatable bonds is 4. The zero-order valence-electron chi connectivity index (χ0n) is 16.0. The number of nitrogens with two attached hydrogens (primary N) is 1. The van der Waals surface area contributed by atoms with Crippen molar-refractivity contribution in [2.24, 2.45) is 5.73 Å². The van der Waals surface area contributed by atoms with Crippen LogP contribution in [0.1, 0.15) is 36.9 Å². The van der Waals surface area contributed by atoms with Crippen molar-refractivity contribution in [2.45, 2.75) is 32.9 Å². The number of carbonyl (C=O) groups is 2. The van der Waals surface area contributed by atoms with Gasteiger partial charge in [0.25, 0.3) is 5.91 Å². The van der Waals surface area contributed by atoms with Gasteiger partial charge in [-0.15, -0.1) is 0 Å². The fourth-order valence-electron chi connectivity index (χ4n) is 2.73. The number of benzene rings is 1. The summed E-state index contributed by atoms with van der Waals surface area (Å²) >= 11 is 9.40. The van der Waals surface area contributed by atoms with Gasteiger partial charge in [-0.05, 0) is 60.5 Å². The summed E-state index contributed by atoms with van der Waals surface area (Å²) in [6.07, 6.45) is 0.867. The van der Waals surface area contributed by atoms with Gasteiger partial charge in [-0.3, -0.25) is 9.69 Å². The second kappa shape index (κ2) is 8.04. The molecule has 2 aromatic heterocycles. The molecule has 7 nitrogen and oxygen atoms in total. The molecule has 2 amide bonds. The van der Waals surface area contributed by atoms with Gasteiger partial charge >= 0.3 is 6.09 Å². The van der Waals surface area contributed by atoms with E-state index in [1.165, 1.54) is 4.90 Å². The fourth-order valence-corrected chi connectivity index (χ4v) is 3.25. The lowest BCUT2D eigenvalue weighted by Crippen LogP contribution is -2.37. The largest absolute Gasteiger partial charge is 0.447 e. The molecule has 1 aromatic carbocycles. The average Bonchev–Trinajstić information content (AvgIpc) is 2.96. The van der Waals surface area contributed by atoms with Gasteiger partial charge in [-0.2, -0.15) is 0 Å². The number of anilines is 1. The van der Waals surface area contributed by atoms with Crippen molar-refractivity contribution < 1.29 is 18.7 Å². The highest BCUT2D eigenvalue weighted by Crippen LogP contribution is 2.35. The zero-order valence-corrected chi connectivity index (χ0v) is 18.4. The van der Waals surface area contributed by atoms with Gasteiger partial charge in [0, 0.05) is 15.7 Å². The molecule has 0 saturated heterocycles. The number of hydrogen-bond acceptors (Lipinski definition) is 5. The van der Waals surface area contributed by atoms with Gasteiger partial charge in [0.15, 0.2) is 5.58 Å². The summed E-state index contributed by atoms with van der Waals surface area (Å²) < 4.78 is 11.8. The standard InChI is InChI=1S/C20H19BrClN3O4/c1-20(2,3)29-19(27)25(10-11-5-4-6-13(22)7-11)16-15-14(8-12(21)9-24-15)28-17(16)18(23)26/h4-9H,10H2,1-3H3,(H2,23,26). The SMILES string of the molecule is CC(C)(C)OC(=O)N(Cc1cccc(Cl)c1)c1c(C(N)=O)oc2cc(Br)cnc12. The number of ether oxygens (including phenoxy) is 1. The number of halogens is 2. The molecule has 0 aliphatic rings. The molecular formula is C20H19BrClN3O4. The Kier molecular flexibility index (Phi) is 5.86. The lowest BCUT2D eigenvalue weighted by Gasteiger charge is -2.27. The van der Waals surface area contributed by atoms with E-state index in [0.29, 0.717) is 20.6 Å². The molecule has 0 fully saturated rings. The van der Waals surface area contributed by atoms with Gasteiger partial charge in [0.2, 0.25) is 5.76 Å². The van der Waals surface area contributed by atoms with Crippen molar-refractivity contribution >= 4 is 56.3 Å². The van der Waals surface area contributed by atoms with Crippen molar-refractivity contribution in [3.05, 3.63) is 57.3 Å². The molecule has 3 rings (SSSR count). The molecular weight excluding hydrogens is 462 g/mol. The smallest absolute Gasteiger partial charge is 0.415 e. The highest BCUT2D eigenvalue weighted by Gasteiger charge is 2.32. The van der Waals surface area contributed by atoms with Crippen molar-refractivity contribution in [1.29, 1.82) is 0 Å². The summed E-state index contributed by atoms with van der Waals surface area (Å²) in [6.45, 7) is 5.32. The van der Waals surface area contributed by atoms with Gasteiger partial charge in [0.1, 0.15) is 16.8 Å². The molecule has 0 radical (unpaired) electrons. The number of carbonyl (C=O) groups excluding carboxylic acids is 2. The molecule has 0 unspecified atom stereocenters. The van der Waals surface area contributed by atoms with Gasteiger partial charge in [-0.1, -0.05) is 23.7 Å². The first-order valence-corrected chi connectivity index (χ1v) is 9.85. The predicted octanol–water partition coefficient (Wildman–Crippen LogP) is 5.28. The Morgan fingerprint density at radius 3 is 2.66 bits per heavy atom. The number of fused-ring (bicyclic) bond motifs is 1. The first-order valence-electron chi connectivity index (χ1n) is 8.68. The summed E-state index contributed by atoms with van der Waals surface area (Å²) in [7, 11) is 0. The Balaban J connectivity index is 2.18. The molecule has 0 bridgehead atoms. The molecule has 0 aliphatic heterocycles. The number of furan rings is 1. The van der Waals surface area contributed by atoms with E-state index in [2.05, 4.69) is 20.9 Å². The van der Waals surface area contributed by atoms with Crippen LogP contribution in [-0.2, 0) is 11.3 Å². The van der Waals surface area contributed by atoms with Crippen molar-refractivity contribution in [2.75, 3.05) is 4.90 Å².